The molecule has 31 heavy (non-hydrogen) atoms. The van der Waals surface area contributed by atoms with Crippen LogP contribution < -0.4 is 10.1 Å². The molecule has 2 aromatic carbocycles. The minimum absolute atomic E-state index is 0.187. The Kier molecular flexibility index (Phi) is 7.60. The molecule has 1 atom stereocenters. The minimum Gasteiger partial charge on any atom is -0.489 e. The molecule has 4 rings (SSSR count). The van der Waals surface area contributed by atoms with E-state index < -0.39 is 0 Å². The molecule has 0 amide bonds. The summed E-state index contributed by atoms with van der Waals surface area (Å²) in [5.74, 6) is 0.641. The highest BCUT2D eigenvalue weighted by molar-refractivity contribution is 5.28. The Bertz CT molecular complexity index is 914. The largest absolute Gasteiger partial charge is 0.489 e. The maximum absolute atomic E-state index is 13.4. The second kappa shape index (κ2) is 11.0. The fourth-order valence-corrected chi connectivity index (χ4v) is 3.73. The number of rotatable bonds is 9. The van der Waals surface area contributed by atoms with Gasteiger partial charge in [0.25, 0.3) is 0 Å². The summed E-state index contributed by atoms with van der Waals surface area (Å²) in [6.45, 7) is 5.30. The molecular formula is C25H28FN3O2. The van der Waals surface area contributed by atoms with Crippen LogP contribution in [0.25, 0.3) is 0 Å². The van der Waals surface area contributed by atoms with Gasteiger partial charge in [-0.1, -0.05) is 24.3 Å². The summed E-state index contributed by atoms with van der Waals surface area (Å²) in [5, 5.41) is 3.57. The Morgan fingerprint density at radius 1 is 0.935 bits per heavy atom. The third-order valence-electron chi connectivity index (χ3n) is 5.49. The molecule has 0 radical (unpaired) electrons. The summed E-state index contributed by atoms with van der Waals surface area (Å²) in [6, 6.07) is 19.1. The number of morpholine rings is 1. The normalized spacial score (nSPS) is 15.5. The Balaban J connectivity index is 1.31. The molecule has 2 heterocycles. The fraction of sp³-hybridized carbons (Fsp3) is 0.320. The zero-order valence-corrected chi connectivity index (χ0v) is 17.5. The van der Waals surface area contributed by atoms with Crippen LogP contribution in [0.4, 0.5) is 4.39 Å². The minimum atomic E-state index is -0.205. The molecule has 5 nitrogen and oxygen atoms in total. The van der Waals surface area contributed by atoms with Crippen LogP contribution in [0.1, 0.15) is 22.7 Å². The van der Waals surface area contributed by atoms with E-state index in [4.69, 9.17) is 9.47 Å². The van der Waals surface area contributed by atoms with Gasteiger partial charge in [0.1, 0.15) is 18.2 Å². The lowest BCUT2D eigenvalue weighted by atomic mass is 10.0. The number of benzene rings is 2. The maximum atomic E-state index is 13.4. The van der Waals surface area contributed by atoms with E-state index in [-0.39, 0.29) is 11.9 Å². The summed E-state index contributed by atoms with van der Waals surface area (Å²) in [7, 11) is 0. The van der Waals surface area contributed by atoms with Gasteiger partial charge in [0.05, 0.1) is 13.2 Å². The lowest BCUT2D eigenvalue weighted by molar-refractivity contribution is 0.0161. The maximum Gasteiger partial charge on any atom is 0.123 e. The number of hydrogen-bond acceptors (Lipinski definition) is 5. The molecule has 1 unspecified atom stereocenters. The first-order chi connectivity index (χ1) is 15.3. The predicted molar refractivity (Wildman–Crippen MR) is 118 cm³/mol. The first-order valence-corrected chi connectivity index (χ1v) is 10.7. The SMILES string of the molecule is Fc1ccc(C(CNCc2ccc(OCc3ccncc3)cc2)N2CCOCC2)cc1. The fourth-order valence-electron chi connectivity index (χ4n) is 3.73. The topological polar surface area (TPSA) is 46.6 Å². The Hall–Kier alpha value is -2.80. The second-order valence-electron chi connectivity index (χ2n) is 7.63. The van der Waals surface area contributed by atoms with Gasteiger partial charge in [-0.2, -0.15) is 0 Å². The van der Waals surface area contributed by atoms with E-state index in [1.54, 1.807) is 12.4 Å². The monoisotopic (exact) mass is 421 g/mol. The van der Waals surface area contributed by atoms with Gasteiger partial charge in [0, 0.05) is 44.6 Å². The van der Waals surface area contributed by atoms with Crippen molar-refractivity contribution in [3.05, 3.63) is 95.6 Å². The molecule has 1 aliphatic heterocycles. The average Bonchev–Trinajstić information content (AvgIpc) is 2.83. The van der Waals surface area contributed by atoms with E-state index in [1.165, 1.54) is 17.7 Å². The van der Waals surface area contributed by atoms with Crippen LogP contribution in [-0.4, -0.2) is 42.7 Å². The highest BCUT2D eigenvalue weighted by atomic mass is 19.1. The lowest BCUT2D eigenvalue weighted by Gasteiger charge is -2.35. The van der Waals surface area contributed by atoms with Crippen molar-refractivity contribution < 1.29 is 13.9 Å². The highest BCUT2D eigenvalue weighted by Gasteiger charge is 2.22. The van der Waals surface area contributed by atoms with E-state index in [0.717, 1.165) is 56.3 Å². The molecule has 1 aliphatic rings. The lowest BCUT2D eigenvalue weighted by Crippen LogP contribution is -2.42. The molecule has 6 heteroatoms. The van der Waals surface area contributed by atoms with Crippen molar-refractivity contribution in [2.75, 3.05) is 32.8 Å². The summed E-state index contributed by atoms with van der Waals surface area (Å²) >= 11 is 0. The van der Waals surface area contributed by atoms with Crippen molar-refractivity contribution >= 4 is 0 Å². The molecule has 1 fully saturated rings. The third kappa shape index (κ3) is 6.34. The second-order valence-corrected chi connectivity index (χ2v) is 7.63. The molecule has 1 saturated heterocycles. The van der Waals surface area contributed by atoms with Gasteiger partial charge < -0.3 is 14.8 Å². The van der Waals surface area contributed by atoms with Gasteiger partial charge in [-0.25, -0.2) is 4.39 Å². The molecule has 0 aliphatic carbocycles. The third-order valence-corrected chi connectivity index (χ3v) is 5.49. The van der Waals surface area contributed by atoms with E-state index in [0.29, 0.717) is 6.61 Å². The first kappa shape index (κ1) is 21.4. The molecule has 3 aromatic rings. The zero-order valence-electron chi connectivity index (χ0n) is 17.5. The number of hydrogen-bond donors (Lipinski definition) is 1. The number of ether oxygens (including phenoxy) is 2. The number of aromatic nitrogens is 1. The summed E-state index contributed by atoms with van der Waals surface area (Å²) in [5.41, 5.74) is 3.41. The van der Waals surface area contributed by atoms with Gasteiger partial charge in [-0.3, -0.25) is 9.88 Å². The Labute approximate surface area is 182 Å². The van der Waals surface area contributed by atoms with Gasteiger partial charge in [0.2, 0.25) is 0 Å². The molecule has 0 bridgehead atoms. The smallest absolute Gasteiger partial charge is 0.123 e. The van der Waals surface area contributed by atoms with Gasteiger partial charge in [-0.15, -0.1) is 0 Å². The molecule has 0 saturated carbocycles. The molecule has 1 aromatic heterocycles. The molecule has 0 spiro atoms. The number of halogens is 1. The highest BCUT2D eigenvalue weighted by Crippen LogP contribution is 2.22. The summed E-state index contributed by atoms with van der Waals surface area (Å²) < 4.78 is 24.7. The predicted octanol–water partition coefficient (Wildman–Crippen LogP) is 3.96. The number of nitrogens with zero attached hydrogens (tertiary/aromatic N) is 2. The van der Waals surface area contributed by atoms with Crippen molar-refractivity contribution in [1.82, 2.24) is 15.2 Å². The van der Waals surface area contributed by atoms with E-state index in [2.05, 4.69) is 27.3 Å². The van der Waals surface area contributed by atoms with Crippen molar-refractivity contribution in [1.29, 1.82) is 0 Å². The number of pyridine rings is 1. The van der Waals surface area contributed by atoms with Crippen LogP contribution >= 0.6 is 0 Å². The summed E-state index contributed by atoms with van der Waals surface area (Å²) in [6.07, 6.45) is 3.53. The van der Waals surface area contributed by atoms with Crippen LogP contribution in [0.5, 0.6) is 5.75 Å². The molecule has 1 N–H and O–H groups in total. The average molecular weight is 422 g/mol. The summed E-state index contributed by atoms with van der Waals surface area (Å²) in [4.78, 5) is 6.42. The van der Waals surface area contributed by atoms with Crippen molar-refractivity contribution in [2.45, 2.75) is 19.2 Å². The van der Waals surface area contributed by atoms with Gasteiger partial charge in [0.15, 0.2) is 0 Å². The van der Waals surface area contributed by atoms with Crippen molar-refractivity contribution in [3.8, 4) is 5.75 Å². The van der Waals surface area contributed by atoms with Gasteiger partial charge >= 0.3 is 0 Å². The van der Waals surface area contributed by atoms with Crippen LogP contribution in [0, 0.1) is 5.82 Å². The quantitative estimate of drug-likeness (QED) is 0.567. The van der Waals surface area contributed by atoms with E-state index in [1.807, 2.05) is 36.4 Å². The zero-order chi connectivity index (χ0) is 21.3. The Morgan fingerprint density at radius 2 is 1.65 bits per heavy atom. The van der Waals surface area contributed by atoms with Crippen molar-refractivity contribution in [2.24, 2.45) is 0 Å². The van der Waals surface area contributed by atoms with Crippen molar-refractivity contribution in [3.63, 3.8) is 0 Å². The van der Waals surface area contributed by atoms with Gasteiger partial charge in [-0.05, 0) is 53.1 Å². The standard InChI is InChI=1S/C25H28FN3O2/c26-23-5-3-22(4-6-23)25(29-13-15-30-16-14-29)18-28-17-20-1-7-24(8-2-20)31-19-21-9-11-27-12-10-21/h1-12,25,28H,13-19H2. The van der Waals surface area contributed by atoms with E-state index >= 15 is 0 Å². The van der Waals surface area contributed by atoms with Crippen LogP contribution in [-0.2, 0) is 17.9 Å². The molecular weight excluding hydrogens is 393 g/mol. The van der Waals surface area contributed by atoms with Crippen LogP contribution in [0.3, 0.4) is 0 Å². The van der Waals surface area contributed by atoms with Crippen LogP contribution in [0.15, 0.2) is 73.1 Å². The first-order valence-electron chi connectivity index (χ1n) is 10.7. The Morgan fingerprint density at radius 3 is 2.35 bits per heavy atom. The number of nitrogens with one attached hydrogen (secondary N) is 1. The van der Waals surface area contributed by atoms with E-state index in [9.17, 15) is 4.39 Å². The van der Waals surface area contributed by atoms with Crippen LogP contribution in [0.2, 0.25) is 0 Å². The molecule has 162 valence electrons.